The maximum Gasteiger partial charge on any atom is 0.161 e. The number of para-hydroxylation sites is 1. The normalized spacial score (nSPS) is 10.7. The van der Waals surface area contributed by atoms with Crippen molar-refractivity contribution in [3.05, 3.63) is 60.2 Å². The van der Waals surface area contributed by atoms with E-state index in [0.717, 1.165) is 53.6 Å². The number of benzene rings is 2. The number of aryl methyl sites for hydroxylation is 3. The van der Waals surface area contributed by atoms with E-state index in [0.29, 0.717) is 0 Å². The van der Waals surface area contributed by atoms with Gasteiger partial charge in [0.25, 0.3) is 0 Å². The van der Waals surface area contributed by atoms with Gasteiger partial charge >= 0.3 is 0 Å². The quantitative estimate of drug-likeness (QED) is 0.589. The summed E-state index contributed by atoms with van der Waals surface area (Å²) in [6.07, 6.45) is 4.90. The van der Waals surface area contributed by atoms with Gasteiger partial charge in [0.15, 0.2) is 11.5 Å². The van der Waals surface area contributed by atoms with Gasteiger partial charge in [0.1, 0.15) is 5.82 Å². The van der Waals surface area contributed by atoms with Gasteiger partial charge in [-0.05, 0) is 43.5 Å². The van der Waals surface area contributed by atoms with Gasteiger partial charge in [-0.15, -0.1) is 0 Å². The number of nitrogens with zero attached hydrogens (tertiary/aromatic N) is 2. The first-order valence-corrected chi connectivity index (χ1v) is 9.17. The lowest BCUT2D eigenvalue weighted by molar-refractivity contribution is 0.355. The molecular weight excluding hydrogens is 338 g/mol. The van der Waals surface area contributed by atoms with Crippen LogP contribution in [0.25, 0.3) is 11.1 Å². The van der Waals surface area contributed by atoms with Crippen molar-refractivity contribution in [2.45, 2.75) is 26.8 Å². The summed E-state index contributed by atoms with van der Waals surface area (Å²) in [5.41, 5.74) is 4.65. The van der Waals surface area contributed by atoms with E-state index in [1.165, 1.54) is 5.56 Å². The molecule has 1 N–H and O–H groups in total. The highest BCUT2D eigenvalue weighted by Gasteiger charge is 2.11. The Hall–Kier alpha value is -2.95. The van der Waals surface area contributed by atoms with Crippen LogP contribution in [-0.2, 0) is 6.54 Å². The highest BCUT2D eigenvalue weighted by Crippen LogP contribution is 2.36. The van der Waals surface area contributed by atoms with Gasteiger partial charge in [-0.2, -0.15) is 0 Å². The summed E-state index contributed by atoms with van der Waals surface area (Å²) in [4.78, 5) is 4.27. The first-order valence-electron chi connectivity index (χ1n) is 9.17. The van der Waals surface area contributed by atoms with Gasteiger partial charge in [0.05, 0.1) is 14.2 Å². The minimum Gasteiger partial charge on any atom is -0.493 e. The Kier molecular flexibility index (Phi) is 6.01. The maximum atomic E-state index is 5.47. The first kappa shape index (κ1) is 18.8. The molecule has 0 aliphatic carbocycles. The molecule has 0 unspecified atom stereocenters. The number of anilines is 1. The van der Waals surface area contributed by atoms with Crippen LogP contribution in [0, 0.1) is 13.8 Å². The molecule has 27 heavy (non-hydrogen) atoms. The molecule has 0 saturated carbocycles. The third kappa shape index (κ3) is 4.25. The fourth-order valence-electron chi connectivity index (χ4n) is 3.25. The second-order valence-corrected chi connectivity index (χ2v) is 6.52. The Morgan fingerprint density at radius 1 is 1.04 bits per heavy atom. The number of hydrogen-bond acceptors (Lipinski definition) is 4. The van der Waals surface area contributed by atoms with E-state index in [1.54, 1.807) is 14.2 Å². The Labute approximate surface area is 161 Å². The van der Waals surface area contributed by atoms with Crippen molar-refractivity contribution in [1.29, 1.82) is 0 Å². The van der Waals surface area contributed by atoms with E-state index >= 15 is 0 Å². The van der Waals surface area contributed by atoms with Crippen molar-refractivity contribution in [1.82, 2.24) is 9.55 Å². The number of ether oxygens (including phenoxy) is 2. The van der Waals surface area contributed by atoms with Gasteiger partial charge < -0.3 is 19.4 Å². The third-order valence-corrected chi connectivity index (χ3v) is 4.77. The predicted molar refractivity (Wildman–Crippen MR) is 110 cm³/mol. The Morgan fingerprint density at radius 3 is 2.56 bits per heavy atom. The first-order chi connectivity index (χ1) is 13.1. The van der Waals surface area contributed by atoms with Crippen molar-refractivity contribution < 1.29 is 9.47 Å². The molecule has 0 aliphatic rings. The van der Waals surface area contributed by atoms with E-state index < -0.39 is 0 Å². The number of imidazole rings is 1. The minimum absolute atomic E-state index is 0.734. The molecule has 3 rings (SSSR count). The molecule has 0 amide bonds. The lowest BCUT2D eigenvalue weighted by Gasteiger charge is -2.17. The van der Waals surface area contributed by atoms with Crippen LogP contribution in [0.15, 0.2) is 48.8 Å². The summed E-state index contributed by atoms with van der Waals surface area (Å²) in [7, 11) is 3.31. The molecule has 2 aromatic carbocycles. The van der Waals surface area contributed by atoms with Crippen molar-refractivity contribution in [3.8, 4) is 22.6 Å². The van der Waals surface area contributed by atoms with Gasteiger partial charge in [-0.3, -0.25) is 0 Å². The second-order valence-electron chi connectivity index (χ2n) is 6.52. The second kappa shape index (κ2) is 8.62. The van der Waals surface area contributed by atoms with Crippen LogP contribution in [0.2, 0.25) is 0 Å². The Morgan fingerprint density at radius 2 is 1.85 bits per heavy atom. The lowest BCUT2D eigenvalue weighted by atomic mass is 10.00. The van der Waals surface area contributed by atoms with Crippen LogP contribution in [0.4, 0.5) is 5.69 Å². The molecule has 0 radical (unpaired) electrons. The van der Waals surface area contributed by atoms with E-state index in [4.69, 9.17) is 9.47 Å². The summed E-state index contributed by atoms with van der Waals surface area (Å²) in [5.74, 6) is 2.52. The van der Waals surface area contributed by atoms with Crippen LogP contribution in [0.1, 0.15) is 17.8 Å². The average Bonchev–Trinajstić information content (AvgIpc) is 3.10. The smallest absolute Gasteiger partial charge is 0.161 e. The zero-order valence-electron chi connectivity index (χ0n) is 16.5. The summed E-state index contributed by atoms with van der Waals surface area (Å²) in [6, 6.07) is 12.4. The summed E-state index contributed by atoms with van der Waals surface area (Å²) in [5, 5.41) is 3.62. The number of nitrogens with one attached hydrogen (secondary N) is 1. The summed E-state index contributed by atoms with van der Waals surface area (Å²) >= 11 is 0. The van der Waals surface area contributed by atoms with Crippen molar-refractivity contribution in [2.24, 2.45) is 0 Å². The fourth-order valence-corrected chi connectivity index (χ4v) is 3.25. The van der Waals surface area contributed by atoms with Crippen LogP contribution in [0.3, 0.4) is 0 Å². The minimum atomic E-state index is 0.734. The highest BCUT2D eigenvalue weighted by atomic mass is 16.5. The van der Waals surface area contributed by atoms with E-state index in [9.17, 15) is 0 Å². The van der Waals surface area contributed by atoms with Gasteiger partial charge in [0.2, 0.25) is 0 Å². The molecule has 0 bridgehead atoms. The molecule has 142 valence electrons. The van der Waals surface area contributed by atoms with Crippen molar-refractivity contribution >= 4 is 5.69 Å². The van der Waals surface area contributed by atoms with Gasteiger partial charge in [-0.1, -0.05) is 24.3 Å². The van der Waals surface area contributed by atoms with Crippen LogP contribution in [0.5, 0.6) is 11.5 Å². The third-order valence-electron chi connectivity index (χ3n) is 4.77. The number of aromatic nitrogens is 2. The maximum absolute atomic E-state index is 5.47. The number of rotatable bonds is 8. The van der Waals surface area contributed by atoms with Crippen molar-refractivity contribution in [2.75, 3.05) is 26.1 Å². The zero-order valence-corrected chi connectivity index (χ0v) is 16.5. The van der Waals surface area contributed by atoms with Gasteiger partial charge in [-0.25, -0.2) is 4.98 Å². The summed E-state index contributed by atoms with van der Waals surface area (Å²) in [6.45, 7) is 6.01. The zero-order chi connectivity index (χ0) is 19.2. The Bertz CT molecular complexity index is 902. The van der Waals surface area contributed by atoms with E-state index in [1.807, 2.05) is 31.5 Å². The molecule has 0 spiro atoms. The highest BCUT2D eigenvalue weighted by molar-refractivity contribution is 5.81. The van der Waals surface area contributed by atoms with Crippen LogP contribution < -0.4 is 14.8 Å². The van der Waals surface area contributed by atoms with Crippen molar-refractivity contribution in [3.63, 3.8) is 0 Å². The lowest BCUT2D eigenvalue weighted by Crippen LogP contribution is -2.09. The molecule has 0 atom stereocenters. The standard InChI is InChI=1S/C22H27N3O2/c1-16-7-5-8-19(18-9-10-20(26-3)21(15-18)27-4)22(16)24-11-6-13-25-14-12-23-17(25)2/h5,7-10,12,14-15,24H,6,11,13H2,1-4H3. The molecule has 0 fully saturated rings. The molecular formula is C22H27N3O2. The molecule has 5 nitrogen and oxygen atoms in total. The molecule has 1 heterocycles. The predicted octanol–water partition coefficient (Wildman–Crippen LogP) is 4.69. The van der Waals surface area contributed by atoms with E-state index in [-0.39, 0.29) is 0 Å². The molecule has 0 saturated heterocycles. The number of hydrogen-bond donors (Lipinski definition) is 1. The van der Waals surface area contributed by atoms with Crippen LogP contribution >= 0.6 is 0 Å². The summed E-state index contributed by atoms with van der Waals surface area (Å²) < 4.78 is 13.0. The largest absolute Gasteiger partial charge is 0.493 e. The monoisotopic (exact) mass is 365 g/mol. The fraction of sp³-hybridized carbons (Fsp3) is 0.318. The molecule has 3 aromatic rings. The Balaban J connectivity index is 1.77. The van der Waals surface area contributed by atoms with E-state index in [2.05, 4.69) is 46.1 Å². The molecule has 5 heteroatoms. The number of methoxy groups -OCH3 is 2. The molecule has 1 aromatic heterocycles. The SMILES string of the molecule is COc1ccc(-c2cccc(C)c2NCCCn2ccnc2C)cc1OC. The average molecular weight is 365 g/mol. The molecule has 0 aliphatic heterocycles. The van der Waals surface area contributed by atoms with Crippen LogP contribution in [-0.4, -0.2) is 30.3 Å². The van der Waals surface area contributed by atoms with Gasteiger partial charge in [0, 0.05) is 36.7 Å². The topological polar surface area (TPSA) is 48.3 Å².